The van der Waals surface area contributed by atoms with Gasteiger partial charge in [0, 0.05) is 35.3 Å². The van der Waals surface area contributed by atoms with Crippen LogP contribution in [0.5, 0.6) is 0 Å². The molecule has 1 aromatic heterocycles. The standard InChI is InChI=1S/C21H21F5N4O2/c1-10(2)27-18(31)12-8-30(19(32)11-5-6-13(22)14(23)7-11)9-20(3,4)15-16(12)28-29-17(15)21(24,25)26/h5-8,10H,9H2,1-4H3,(H,27,31)(H,28,29). The third kappa shape index (κ3) is 4.37. The Labute approximate surface area is 180 Å². The predicted molar refractivity (Wildman–Crippen MR) is 105 cm³/mol. The van der Waals surface area contributed by atoms with Crippen LogP contribution in [0.25, 0.3) is 5.57 Å². The van der Waals surface area contributed by atoms with Crippen LogP contribution in [-0.4, -0.2) is 39.5 Å². The van der Waals surface area contributed by atoms with Crippen LogP contribution in [0.15, 0.2) is 24.4 Å². The molecule has 11 heteroatoms. The number of benzene rings is 1. The van der Waals surface area contributed by atoms with E-state index in [1.165, 1.54) is 13.8 Å². The molecule has 2 aromatic rings. The van der Waals surface area contributed by atoms with Gasteiger partial charge in [-0.05, 0) is 32.0 Å². The fourth-order valence-electron chi connectivity index (χ4n) is 3.61. The number of fused-ring (bicyclic) bond motifs is 1. The van der Waals surface area contributed by atoms with E-state index in [1.807, 2.05) is 0 Å². The van der Waals surface area contributed by atoms with E-state index < -0.39 is 40.7 Å². The number of hydrogen-bond donors (Lipinski definition) is 2. The molecule has 0 fully saturated rings. The lowest BCUT2D eigenvalue weighted by Gasteiger charge is -2.30. The maximum Gasteiger partial charge on any atom is 0.435 e. The summed E-state index contributed by atoms with van der Waals surface area (Å²) in [5.41, 5.74) is -3.39. The van der Waals surface area contributed by atoms with Crippen molar-refractivity contribution in [2.45, 2.75) is 45.3 Å². The molecule has 0 saturated carbocycles. The normalized spacial score (nSPS) is 15.8. The molecule has 172 valence electrons. The molecular weight excluding hydrogens is 435 g/mol. The molecule has 1 aliphatic heterocycles. The topological polar surface area (TPSA) is 78.1 Å². The maximum absolute atomic E-state index is 13.7. The number of nitrogens with one attached hydrogen (secondary N) is 2. The van der Waals surface area contributed by atoms with Crippen LogP contribution in [0.2, 0.25) is 0 Å². The number of amides is 2. The van der Waals surface area contributed by atoms with Crippen molar-refractivity contribution >= 4 is 17.4 Å². The van der Waals surface area contributed by atoms with E-state index in [1.54, 1.807) is 13.8 Å². The fraction of sp³-hybridized carbons (Fsp3) is 0.381. The van der Waals surface area contributed by atoms with E-state index >= 15 is 0 Å². The van der Waals surface area contributed by atoms with Gasteiger partial charge >= 0.3 is 6.18 Å². The average molecular weight is 456 g/mol. The third-order valence-electron chi connectivity index (χ3n) is 4.92. The van der Waals surface area contributed by atoms with Gasteiger partial charge in [-0.15, -0.1) is 0 Å². The number of H-pyrrole nitrogens is 1. The van der Waals surface area contributed by atoms with Gasteiger partial charge in [0.2, 0.25) is 0 Å². The van der Waals surface area contributed by atoms with Crippen molar-refractivity contribution < 1.29 is 31.5 Å². The van der Waals surface area contributed by atoms with Crippen LogP contribution in [0.4, 0.5) is 22.0 Å². The van der Waals surface area contributed by atoms with Crippen LogP contribution in [0.3, 0.4) is 0 Å². The molecule has 0 unspecified atom stereocenters. The molecular formula is C21H21F5N4O2. The van der Waals surface area contributed by atoms with Gasteiger partial charge in [0.25, 0.3) is 11.8 Å². The summed E-state index contributed by atoms with van der Waals surface area (Å²) in [5.74, 6) is -3.93. The lowest BCUT2D eigenvalue weighted by molar-refractivity contribution is -0.142. The molecule has 0 spiro atoms. The van der Waals surface area contributed by atoms with Gasteiger partial charge in [0.05, 0.1) is 11.3 Å². The number of hydrogen-bond acceptors (Lipinski definition) is 3. The Kier molecular flexibility index (Phi) is 5.88. The highest BCUT2D eigenvalue weighted by atomic mass is 19.4. The van der Waals surface area contributed by atoms with E-state index in [-0.39, 0.29) is 35.0 Å². The summed E-state index contributed by atoms with van der Waals surface area (Å²) in [4.78, 5) is 26.9. The van der Waals surface area contributed by atoms with Crippen LogP contribution < -0.4 is 5.32 Å². The molecule has 2 heterocycles. The Morgan fingerprint density at radius 2 is 1.84 bits per heavy atom. The Morgan fingerprint density at radius 1 is 1.19 bits per heavy atom. The molecule has 0 radical (unpaired) electrons. The first-order valence-electron chi connectivity index (χ1n) is 9.67. The molecule has 0 saturated heterocycles. The second-order valence-corrected chi connectivity index (χ2v) is 8.44. The van der Waals surface area contributed by atoms with Crippen LogP contribution in [0.1, 0.15) is 55.0 Å². The SMILES string of the molecule is CC(C)NC(=O)C1=CN(C(=O)c2ccc(F)c(F)c2)CC(C)(C)c2c(C(F)(F)F)n[nH]c21. The summed E-state index contributed by atoms with van der Waals surface area (Å²) in [6.45, 7) is 5.99. The van der Waals surface area contributed by atoms with Crippen molar-refractivity contribution in [3.8, 4) is 0 Å². The highest BCUT2D eigenvalue weighted by molar-refractivity contribution is 6.20. The fourth-order valence-corrected chi connectivity index (χ4v) is 3.61. The van der Waals surface area contributed by atoms with Gasteiger partial charge in [0.1, 0.15) is 0 Å². The zero-order chi connectivity index (χ0) is 24.0. The lowest BCUT2D eigenvalue weighted by Crippen LogP contribution is -2.38. The molecule has 2 N–H and O–H groups in total. The zero-order valence-corrected chi connectivity index (χ0v) is 17.7. The summed E-state index contributed by atoms with van der Waals surface area (Å²) in [5, 5.41) is 8.29. The van der Waals surface area contributed by atoms with E-state index in [0.29, 0.717) is 6.07 Å². The Balaban J connectivity index is 2.18. The summed E-state index contributed by atoms with van der Waals surface area (Å²) in [6.07, 6.45) is -3.70. The molecule has 0 bridgehead atoms. The second kappa shape index (κ2) is 8.03. The van der Waals surface area contributed by atoms with Gasteiger partial charge in [-0.2, -0.15) is 18.3 Å². The number of carbonyl (C=O) groups excluding carboxylic acids is 2. The van der Waals surface area contributed by atoms with Crippen LogP contribution in [0, 0.1) is 11.6 Å². The van der Waals surface area contributed by atoms with Crippen molar-refractivity contribution in [1.82, 2.24) is 20.4 Å². The molecule has 1 aliphatic rings. The molecule has 2 amide bonds. The van der Waals surface area contributed by atoms with Gasteiger partial charge in [-0.1, -0.05) is 13.8 Å². The smallest absolute Gasteiger partial charge is 0.350 e. The van der Waals surface area contributed by atoms with E-state index in [4.69, 9.17) is 0 Å². The van der Waals surface area contributed by atoms with Gasteiger partial charge in [0.15, 0.2) is 17.3 Å². The lowest BCUT2D eigenvalue weighted by atomic mass is 9.81. The molecule has 32 heavy (non-hydrogen) atoms. The summed E-state index contributed by atoms with van der Waals surface area (Å²) >= 11 is 0. The first kappa shape index (κ1) is 23.4. The summed E-state index contributed by atoms with van der Waals surface area (Å²) in [6, 6.07) is 2.18. The minimum absolute atomic E-state index is 0.166. The Morgan fingerprint density at radius 3 is 2.41 bits per heavy atom. The van der Waals surface area contributed by atoms with Gasteiger partial charge in [-0.25, -0.2) is 8.78 Å². The number of aromatic nitrogens is 2. The summed E-state index contributed by atoms with van der Waals surface area (Å²) < 4.78 is 68.0. The predicted octanol–water partition coefficient (Wildman–Crippen LogP) is 4.01. The van der Waals surface area contributed by atoms with Gasteiger partial charge in [-0.3, -0.25) is 14.7 Å². The Hall–Kier alpha value is -3.24. The maximum atomic E-state index is 13.7. The number of rotatable bonds is 3. The molecule has 0 aliphatic carbocycles. The number of nitrogens with zero attached hydrogens (tertiary/aromatic N) is 2. The van der Waals surface area contributed by atoms with Crippen LogP contribution in [-0.2, 0) is 16.4 Å². The van der Waals surface area contributed by atoms with Crippen molar-refractivity contribution in [1.29, 1.82) is 0 Å². The minimum atomic E-state index is -4.81. The molecule has 1 aromatic carbocycles. The van der Waals surface area contributed by atoms with Gasteiger partial charge < -0.3 is 10.2 Å². The van der Waals surface area contributed by atoms with Crippen molar-refractivity contribution in [2.24, 2.45) is 0 Å². The molecule has 3 rings (SSSR count). The molecule has 0 atom stereocenters. The average Bonchev–Trinajstić information content (AvgIpc) is 3.08. The van der Waals surface area contributed by atoms with Crippen molar-refractivity contribution in [3.63, 3.8) is 0 Å². The first-order chi connectivity index (χ1) is 14.7. The highest BCUT2D eigenvalue weighted by Crippen LogP contribution is 2.42. The Bertz CT molecular complexity index is 1100. The quantitative estimate of drug-likeness (QED) is 0.686. The second-order valence-electron chi connectivity index (χ2n) is 8.44. The molecule has 6 nitrogen and oxygen atoms in total. The number of halogens is 5. The van der Waals surface area contributed by atoms with Crippen molar-refractivity contribution in [3.05, 3.63) is 58.5 Å². The number of alkyl halides is 3. The minimum Gasteiger partial charge on any atom is -0.350 e. The highest BCUT2D eigenvalue weighted by Gasteiger charge is 2.46. The van der Waals surface area contributed by atoms with E-state index in [2.05, 4.69) is 15.5 Å². The van der Waals surface area contributed by atoms with Crippen molar-refractivity contribution in [2.75, 3.05) is 6.54 Å². The third-order valence-corrected chi connectivity index (χ3v) is 4.92. The first-order valence-corrected chi connectivity index (χ1v) is 9.67. The number of aromatic amines is 1. The number of carbonyl (C=O) groups is 2. The van der Waals surface area contributed by atoms with E-state index in [0.717, 1.165) is 23.2 Å². The van der Waals surface area contributed by atoms with E-state index in [9.17, 15) is 31.5 Å². The largest absolute Gasteiger partial charge is 0.435 e. The monoisotopic (exact) mass is 456 g/mol. The van der Waals surface area contributed by atoms with Crippen LogP contribution >= 0.6 is 0 Å². The summed E-state index contributed by atoms with van der Waals surface area (Å²) in [7, 11) is 0. The zero-order valence-electron chi connectivity index (χ0n) is 17.7.